The van der Waals surface area contributed by atoms with Gasteiger partial charge in [0, 0.05) is 25.4 Å². The highest BCUT2D eigenvalue weighted by Crippen LogP contribution is 2.08. The molecule has 0 radical (unpaired) electrons. The highest BCUT2D eigenvalue weighted by molar-refractivity contribution is 5.91. The number of amides is 1. The van der Waals surface area contributed by atoms with E-state index in [2.05, 4.69) is 4.74 Å². The topological polar surface area (TPSA) is 72.6 Å². The van der Waals surface area contributed by atoms with Crippen molar-refractivity contribution in [2.75, 3.05) is 26.4 Å². The highest BCUT2D eigenvalue weighted by Gasteiger charge is 2.17. The van der Waals surface area contributed by atoms with E-state index >= 15 is 0 Å². The van der Waals surface area contributed by atoms with Crippen molar-refractivity contribution in [3.8, 4) is 0 Å². The van der Waals surface area contributed by atoms with Gasteiger partial charge in [-0.05, 0) is 23.8 Å². The molecule has 0 spiro atoms. The fourth-order valence-electron chi connectivity index (χ4n) is 1.68. The van der Waals surface area contributed by atoms with E-state index in [-0.39, 0.29) is 17.8 Å². The first-order valence-corrected chi connectivity index (χ1v) is 6.30. The molecule has 1 unspecified atom stereocenters. The number of ether oxygens (including phenoxy) is 1. The molecule has 0 saturated carbocycles. The van der Waals surface area contributed by atoms with Crippen molar-refractivity contribution < 1.29 is 14.3 Å². The maximum Gasteiger partial charge on any atom is 0.310 e. The van der Waals surface area contributed by atoms with Crippen molar-refractivity contribution in [3.05, 3.63) is 35.9 Å². The van der Waals surface area contributed by atoms with Crippen molar-refractivity contribution in [2.45, 2.75) is 6.92 Å². The van der Waals surface area contributed by atoms with Crippen LogP contribution >= 0.6 is 0 Å². The summed E-state index contributed by atoms with van der Waals surface area (Å²) in [5.41, 5.74) is 7.15. The zero-order valence-electron chi connectivity index (χ0n) is 12.0. The van der Waals surface area contributed by atoms with Crippen LogP contribution in [0.15, 0.2) is 30.3 Å². The van der Waals surface area contributed by atoms with Crippen molar-refractivity contribution in [3.63, 3.8) is 0 Å². The fourth-order valence-corrected chi connectivity index (χ4v) is 1.68. The van der Waals surface area contributed by atoms with E-state index in [4.69, 9.17) is 5.73 Å². The molecule has 108 valence electrons. The Morgan fingerprint density at radius 1 is 1.35 bits per heavy atom. The number of hydrogen-bond acceptors (Lipinski definition) is 4. The third kappa shape index (κ3) is 4.76. The molecule has 0 aliphatic heterocycles. The Kier molecular flexibility index (Phi) is 5.77. The Morgan fingerprint density at radius 2 is 1.95 bits per heavy atom. The molecular weight excluding hydrogens is 256 g/mol. The predicted octanol–water partition coefficient (Wildman–Crippen LogP) is 1.55. The molecule has 0 heterocycles. The standard InChI is InChI=1S/C15H20N2O3/c1-11(15(19)20-3)10-17(2)14(18)9-6-12-4-7-13(16)8-5-12/h4-9,11H,10,16H2,1-3H3/b9-6+. The molecule has 0 aromatic heterocycles. The molecule has 5 heteroatoms. The normalized spacial score (nSPS) is 12.2. The molecule has 1 rings (SSSR count). The number of benzene rings is 1. The third-order valence-electron chi connectivity index (χ3n) is 2.88. The van der Waals surface area contributed by atoms with Gasteiger partial charge in [-0.25, -0.2) is 0 Å². The summed E-state index contributed by atoms with van der Waals surface area (Å²) in [5, 5.41) is 0. The van der Waals surface area contributed by atoms with Gasteiger partial charge in [0.1, 0.15) is 0 Å². The molecule has 1 aromatic carbocycles. The number of methoxy groups -OCH3 is 1. The minimum atomic E-state index is -0.348. The number of carbonyl (C=O) groups excluding carboxylic acids is 2. The third-order valence-corrected chi connectivity index (χ3v) is 2.88. The van der Waals surface area contributed by atoms with Crippen LogP contribution in [0.5, 0.6) is 0 Å². The summed E-state index contributed by atoms with van der Waals surface area (Å²) >= 11 is 0. The van der Waals surface area contributed by atoms with Crippen molar-refractivity contribution in [1.29, 1.82) is 0 Å². The number of likely N-dealkylation sites (N-methyl/N-ethyl adjacent to an activating group) is 1. The molecule has 1 amide bonds. The Labute approximate surface area is 119 Å². The second-order valence-corrected chi connectivity index (χ2v) is 4.64. The number of nitrogens with zero attached hydrogens (tertiary/aromatic N) is 1. The van der Waals surface area contributed by atoms with Crippen LogP contribution < -0.4 is 5.73 Å². The van der Waals surface area contributed by atoms with Gasteiger partial charge in [0.15, 0.2) is 0 Å². The minimum Gasteiger partial charge on any atom is -0.469 e. The molecule has 0 bridgehead atoms. The van der Waals surface area contributed by atoms with Gasteiger partial charge in [0.25, 0.3) is 0 Å². The van der Waals surface area contributed by atoms with E-state index in [9.17, 15) is 9.59 Å². The molecular formula is C15H20N2O3. The van der Waals surface area contributed by atoms with Crippen LogP contribution in [-0.2, 0) is 14.3 Å². The lowest BCUT2D eigenvalue weighted by Gasteiger charge is -2.18. The van der Waals surface area contributed by atoms with Crippen LogP contribution in [0.1, 0.15) is 12.5 Å². The van der Waals surface area contributed by atoms with Crippen LogP contribution in [-0.4, -0.2) is 37.5 Å². The van der Waals surface area contributed by atoms with Gasteiger partial charge in [-0.3, -0.25) is 9.59 Å². The summed E-state index contributed by atoms with van der Waals surface area (Å²) in [6, 6.07) is 7.20. The van der Waals surface area contributed by atoms with E-state index in [0.717, 1.165) is 5.56 Å². The van der Waals surface area contributed by atoms with E-state index in [1.807, 2.05) is 12.1 Å². The molecule has 0 saturated heterocycles. The predicted molar refractivity (Wildman–Crippen MR) is 78.7 cm³/mol. The minimum absolute atomic E-state index is 0.169. The van der Waals surface area contributed by atoms with E-state index in [0.29, 0.717) is 12.2 Å². The molecule has 1 atom stereocenters. The summed E-state index contributed by atoms with van der Waals surface area (Å²) in [6.07, 6.45) is 3.18. The number of nitrogen functional groups attached to an aromatic ring is 1. The van der Waals surface area contributed by atoms with Gasteiger partial charge in [-0.1, -0.05) is 19.1 Å². The van der Waals surface area contributed by atoms with Gasteiger partial charge in [-0.2, -0.15) is 0 Å². The Balaban J connectivity index is 2.57. The van der Waals surface area contributed by atoms with Gasteiger partial charge < -0.3 is 15.4 Å². The lowest BCUT2D eigenvalue weighted by molar-refractivity contribution is -0.145. The summed E-state index contributed by atoms with van der Waals surface area (Å²) in [6.45, 7) is 2.04. The van der Waals surface area contributed by atoms with E-state index in [1.54, 1.807) is 32.2 Å². The van der Waals surface area contributed by atoms with Gasteiger partial charge in [0.2, 0.25) is 5.91 Å². The maximum atomic E-state index is 11.9. The Bertz CT molecular complexity index is 494. The van der Waals surface area contributed by atoms with Gasteiger partial charge in [-0.15, -0.1) is 0 Å². The van der Waals surface area contributed by atoms with Crippen LogP contribution in [0, 0.1) is 5.92 Å². The summed E-state index contributed by atoms with van der Waals surface area (Å²) < 4.78 is 4.63. The molecule has 20 heavy (non-hydrogen) atoms. The number of rotatable bonds is 5. The summed E-state index contributed by atoms with van der Waals surface area (Å²) in [5.74, 6) is -0.844. The summed E-state index contributed by atoms with van der Waals surface area (Å²) in [7, 11) is 2.98. The molecule has 5 nitrogen and oxygen atoms in total. The summed E-state index contributed by atoms with van der Waals surface area (Å²) in [4.78, 5) is 24.7. The highest BCUT2D eigenvalue weighted by atomic mass is 16.5. The molecule has 0 aliphatic carbocycles. The van der Waals surface area contributed by atoms with Crippen LogP contribution in [0.3, 0.4) is 0 Å². The quantitative estimate of drug-likeness (QED) is 0.503. The zero-order valence-corrected chi connectivity index (χ0v) is 12.0. The van der Waals surface area contributed by atoms with Crippen molar-refractivity contribution in [1.82, 2.24) is 4.90 Å². The number of anilines is 1. The first kappa shape index (κ1) is 15.8. The molecule has 1 aromatic rings. The van der Waals surface area contributed by atoms with Crippen molar-refractivity contribution in [2.24, 2.45) is 5.92 Å². The zero-order chi connectivity index (χ0) is 15.1. The number of esters is 1. The number of hydrogen-bond donors (Lipinski definition) is 1. The Hall–Kier alpha value is -2.30. The average Bonchev–Trinajstić information content (AvgIpc) is 2.45. The molecule has 0 fully saturated rings. The number of nitrogens with two attached hydrogens (primary N) is 1. The van der Waals surface area contributed by atoms with E-state index in [1.165, 1.54) is 18.1 Å². The number of carbonyl (C=O) groups is 2. The smallest absolute Gasteiger partial charge is 0.310 e. The fraction of sp³-hybridized carbons (Fsp3) is 0.333. The van der Waals surface area contributed by atoms with Gasteiger partial charge >= 0.3 is 5.97 Å². The SMILES string of the molecule is COC(=O)C(C)CN(C)C(=O)/C=C/c1ccc(N)cc1. The second kappa shape index (κ2) is 7.33. The van der Waals surface area contributed by atoms with Crippen LogP contribution in [0.25, 0.3) is 6.08 Å². The second-order valence-electron chi connectivity index (χ2n) is 4.64. The lowest BCUT2D eigenvalue weighted by Crippen LogP contribution is -2.33. The molecule has 0 aliphatic rings. The monoisotopic (exact) mass is 276 g/mol. The van der Waals surface area contributed by atoms with Crippen LogP contribution in [0.2, 0.25) is 0 Å². The molecule has 2 N–H and O–H groups in total. The van der Waals surface area contributed by atoms with E-state index < -0.39 is 0 Å². The van der Waals surface area contributed by atoms with Crippen LogP contribution in [0.4, 0.5) is 5.69 Å². The van der Waals surface area contributed by atoms with Gasteiger partial charge in [0.05, 0.1) is 13.0 Å². The first-order chi connectivity index (χ1) is 9.43. The Morgan fingerprint density at radius 3 is 2.50 bits per heavy atom. The largest absolute Gasteiger partial charge is 0.469 e. The first-order valence-electron chi connectivity index (χ1n) is 6.30. The lowest BCUT2D eigenvalue weighted by atomic mass is 10.1. The maximum absolute atomic E-state index is 11.9. The average molecular weight is 276 g/mol. The van der Waals surface area contributed by atoms with Crippen molar-refractivity contribution >= 4 is 23.6 Å².